The van der Waals surface area contributed by atoms with E-state index in [9.17, 15) is 42.9 Å². The Morgan fingerprint density at radius 3 is 2.61 bits per heavy atom. The zero-order valence-electron chi connectivity index (χ0n) is 20.8. The molecule has 6 N–H and O–H groups in total. The smallest absolute Gasteiger partial charge is 0.352 e. The first-order valence-electron chi connectivity index (χ1n) is 11.3. The van der Waals surface area contributed by atoms with Crippen molar-refractivity contribution in [2.45, 2.75) is 23.2 Å². The number of aromatic nitrogens is 1. The van der Waals surface area contributed by atoms with E-state index < -0.39 is 73.1 Å². The lowest BCUT2D eigenvalue weighted by Gasteiger charge is -2.49. The zero-order valence-corrected chi connectivity index (χ0v) is 23.3. The summed E-state index contributed by atoms with van der Waals surface area (Å²) in [7, 11) is -4.20. The van der Waals surface area contributed by atoms with Gasteiger partial charge in [-0.15, -0.1) is 23.1 Å². The molecule has 2 amide bonds. The molecule has 218 valence electrons. The number of hydrogen-bond donors (Lipinski definition) is 5. The number of ether oxygens (including phenoxy) is 1. The minimum absolute atomic E-state index is 0.0537. The molecule has 2 aromatic rings. The number of oxime groups is 1. The quantitative estimate of drug-likeness (QED) is 0.0739. The van der Waals surface area contributed by atoms with Crippen LogP contribution in [0.4, 0.5) is 5.13 Å². The fourth-order valence-electron chi connectivity index (χ4n) is 3.72. The van der Waals surface area contributed by atoms with Crippen LogP contribution in [-0.2, 0) is 38.6 Å². The van der Waals surface area contributed by atoms with Crippen molar-refractivity contribution in [1.29, 1.82) is 0 Å². The van der Waals surface area contributed by atoms with Crippen LogP contribution in [0.1, 0.15) is 12.6 Å². The van der Waals surface area contributed by atoms with Gasteiger partial charge in [0.2, 0.25) is 15.8 Å². The zero-order chi connectivity index (χ0) is 30.1. The van der Waals surface area contributed by atoms with Gasteiger partial charge in [-0.05, 0) is 12.1 Å². The van der Waals surface area contributed by atoms with Crippen LogP contribution >= 0.6 is 23.1 Å². The second kappa shape index (κ2) is 11.6. The molecule has 19 heteroatoms. The number of benzene rings is 1. The topological polar surface area (TPSA) is 248 Å². The Balaban J connectivity index is 1.52. The summed E-state index contributed by atoms with van der Waals surface area (Å²) in [5.41, 5.74) is 4.91. The molecule has 2 aliphatic heterocycles. The van der Waals surface area contributed by atoms with Gasteiger partial charge in [-0.25, -0.2) is 18.2 Å². The summed E-state index contributed by atoms with van der Waals surface area (Å²) < 4.78 is 30.0. The third kappa shape index (κ3) is 6.20. The Bertz CT molecular complexity index is 1600. The Hall–Kier alpha value is -4.36. The molecule has 3 heterocycles. The average Bonchev–Trinajstić information content (AvgIpc) is 3.34. The molecule has 2 atom stereocenters. The third-order valence-corrected chi connectivity index (χ3v) is 9.04. The van der Waals surface area contributed by atoms with Crippen LogP contribution in [0, 0.1) is 0 Å². The van der Waals surface area contributed by atoms with E-state index in [1.54, 1.807) is 0 Å². The number of phenolic OH excluding ortho intramolecular Hbond substituents is 2. The number of carbonyl (C=O) groups excluding carboxylic acids is 3. The van der Waals surface area contributed by atoms with Crippen LogP contribution in [0.15, 0.2) is 44.9 Å². The van der Waals surface area contributed by atoms with E-state index in [-0.39, 0.29) is 34.5 Å². The maximum atomic E-state index is 13.2. The highest BCUT2D eigenvalue weighted by atomic mass is 32.2. The second-order valence-corrected chi connectivity index (χ2v) is 12.4. The molecule has 0 bridgehead atoms. The number of thioether (sulfide) groups is 1. The van der Waals surface area contributed by atoms with Gasteiger partial charge in [-0.1, -0.05) is 5.16 Å². The Morgan fingerprint density at radius 2 is 2.00 bits per heavy atom. The van der Waals surface area contributed by atoms with Gasteiger partial charge in [-0.3, -0.25) is 19.3 Å². The molecule has 1 fully saturated rings. The fourth-order valence-corrected chi connectivity index (χ4v) is 6.49. The normalized spacial score (nSPS) is 18.8. The number of amides is 2. The molecule has 4 rings (SSSR count). The summed E-state index contributed by atoms with van der Waals surface area (Å²) in [6.45, 7) is 0.843. The van der Waals surface area contributed by atoms with E-state index in [1.807, 2.05) is 0 Å². The molecule has 0 spiro atoms. The molecule has 1 saturated heterocycles. The first-order valence-corrected chi connectivity index (χ1v) is 14.9. The van der Waals surface area contributed by atoms with E-state index in [0.29, 0.717) is 0 Å². The van der Waals surface area contributed by atoms with Crippen LogP contribution in [0.2, 0.25) is 0 Å². The van der Waals surface area contributed by atoms with E-state index >= 15 is 0 Å². The summed E-state index contributed by atoms with van der Waals surface area (Å²) in [5.74, 6) is -5.94. The summed E-state index contributed by atoms with van der Waals surface area (Å²) in [4.78, 5) is 58.6. The number of carboxylic acid groups (broad SMARTS) is 1. The van der Waals surface area contributed by atoms with E-state index in [1.165, 1.54) is 5.38 Å². The first kappa shape index (κ1) is 29.6. The van der Waals surface area contributed by atoms with Crippen molar-refractivity contribution in [3.63, 3.8) is 0 Å². The Labute approximate surface area is 239 Å². The highest BCUT2D eigenvalue weighted by Gasteiger charge is 2.54. The summed E-state index contributed by atoms with van der Waals surface area (Å²) in [5, 5.41) is 35.3. The summed E-state index contributed by atoms with van der Waals surface area (Å²) in [6, 6.07) is 1.62. The number of carbonyl (C=O) groups is 4. The van der Waals surface area contributed by atoms with Gasteiger partial charge >= 0.3 is 11.9 Å². The van der Waals surface area contributed by atoms with Gasteiger partial charge in [0.15, 0.2) is 22.3 Å². The molecule has 16 nitrogen and oxygen atoms in total. The molecule has 0 radical (unpaired) electrons. The Morgan fingerprint density at radius 1 is 1.27 bits per heavy atom. The number of carboxylic acids is 1. The molecule has 0 aliphatic carbocycles. The van der Waals surface area contributed by atoms with Crippen molar-refractivity contribution >= 4 is 67.5 Å². The number of phenols is 2. The number of nitrogens with zero attached hydrogens (tertiary/aromatic N) is 3. The highest BCUT2D eigenvalue weighted by molar-refractivity contribution is 8.00. The molecule has 1 aromatic heterocycles. The van der Waals surface area contributed by atoms with Crippen molar-refractivity contribution in [1.82, 2.24) is 15.2 Å². The van der Waals surface area contributed by atoms with Crippen LogP contribution in [0.25, 0.3) is 0 Å². The number of anilines is 1. The van der Waals surface area contributed by atoms with E-state index in [0.717, 1.165) is 53.1 Å². The van der Waals surface area contributed by atoms with Gasteiger partial charge in [0.1, 0.15) is 29.4 Å². The number of hydrogen-bond acceptors (Lipinski definition) is 15. The van der Waals surface area contributed by atoms with Gasteiger partial charge in [0, 0.05) is 29.7 Å². The molecule has 0 saturated carbocycles. The number of rotatable bonds is 10. The molecule has 41 heavy (non-hydrogen) atoms. The van der Waals surface area contributed by atoms with Crippen LogP contribution in [0.3, 0.4) is 0 Å². The van der Waals surface area contributed by atoms with Gasteiger partial charge in [0.05, 0.1) is 4.90 Å². The number of sulfone groups is 1. The largest absolute Gasteiger partial charge is 0.504 e. The number of fused-ring (bicyclic) bond motifs is 1. The lowest BCUT2D eigenvalue weighted by atomic mass is 10.0. The SMILES string of the molecule is CC(=O)OCC1=C(C(=O)O)N2C(=O)[C@@H](NC(=O)/C(=N\OCS(=O)(=O)c3ccc(O)c(O)c3)c3csc(N)n3)[C@H]2SC1. The molecule has 1 aromatic carbocycles. The third-order valence-electron chi connectivity index (χ3n) is 5.64. The molecule has 0 unspecified atom stereocenters. The fraction of sp³-hybridized carbons (Fsp3) is 0.273. The minimum atomic E-state index is -4.20. The molecule has 2 aliphatic rings. The second-order valence-electron chi connectivity index (χ2n) is 8.42. The van der Waals surface area contributed by atoms with E-state index in [4.69, 9.17) is 15.3 Å². The lowest BCUT2D eigenvalue weighted by Crippen LogP contribution is -2.71. The van der Waals surface area contributed by atoms with E-state index in [2.05, 4.69) is 15.5 Å². The number of nitrogens with one attached hydrogen (secondary N) is 1. The van der Waals surface area contributed by atoms with Crippen LogP contribution < -0.4 is 11.1 Å². The van der Waals surface area contributed by atoms with Gasteiger partial charge < -0.3 is 35.9 Å². The average molecular weight is 628 g/mol. The van der Waals surface area contributed by atoms with Crippen molar-refractivity contribution < 1.29 is 52.5 Å². The number of thiazole rings is 1. The van der Waals surface area contributed by atoms with Gasteiger partial charge in [0.25, 0.3) is 11.8 Å². The maximum absolute atomic E-state index is 13.2. The van der Waals surface area contributed by atoms with Crippen molar-refractivity contribution in [2.24, 2.45) is 5.16 Å². The summed E-state index contributed by atoms with van der Waals surface area (Å²) >= 11 is 2.09. The standard InChI is InChI=1S/C22H21N5O11S3/c1-9(28)37-5-10-6-39-20-16(19(32)27(20)17(10)21(33)34)25-18(31)15(12-7-40-22(23)24-12)26-38-8-41(35,36)11-2-3-13(29)14(30)4-11/h2-4,7,16,20,29-30H,5-6,8H2,1H3,(H2,23,24)(H,25,31)(H,33,34)/b26-15-/t16-,20-/m1/s1. The molecular weight excluding hydrogens is 606 g/mol. The van der Waals surface area contributed by atoms with Gasteiger partial charge in [-0.2, -0.15) is 0 Å². The summed E-state index contributed by atoms with van der Waals surface area (Å²) in [6.07, 6.45) is 0. The van der Waals surface area contributed by atoms with Crippen LogP contribution in [-0.4, -0.2) is 92.8 Å². The number of nitrogens with two attached hydrogens (primary N) is 1. The predicted octanol–water partition coefficient (Wildman–Crippen LogP) is -0.410. The Kier molecular flexibility index (Phi) is 8.40. The maximum Gasteiger partial charge on any atom is 0.352 e. The number of esters is 1. The highest BCUT2D eigenvalue weighted by Crippen LogP contribution is 2.40. The van der Waals surface area contributed by atoms with Crippen molar-refractivity contribution in [3.05, 3.63) is 40.5 Å². The monoisotopic (exact) mass is 627 g/mol. The minimum Gasteiger partial charge on any atom is -0.504 e. The lowest BCUT2D eigenvalue weighted by molar-refractivity contribution is -0.150. The number of aliphatic carboxylic acids is 1. The van der Waals surface area contributed by atoms with Crippen molar-refractivity contribution in [2.75, 3.05) is 24.0 Å². The van der Waals surface area contributed by atoms with Crippen LogP contribution in [0.5, 0.6) is 11.5 Å². The first-order chi connectivity index (χ1) is 19.3. The molecular formula is C22H21N5O11S3. The number of aromatic hydroxyl groups is 2. The number of nitrogen functional groups attached to an aromatic ring is 1. The van der Waals surface area contributed by atoms with Crippen molar-refractivity contribution in [3.8, 4) is 11.5 Å². The number of β-lactam (4-membered cyclic amide) rings is 1. The predicted molar refractivity (Wildman–Crippen MR) is 142 cm³/mol.